The van der Waals surface area contributed by atoms with Crippen LogP contribution in [-0.2, 0) is 0 Å². The van der Waals surface area contributed by atoms with E-state index in [2.05, 4.69) is 0 Å². The minimum Gasteiger partial charge on any atom is -0.377 e. The topological polar surface area (TPSA) is 70.0 Å². The van der Waals surface area contributed by atoms with Crippen LogP contribution in [0.4, 0.5) is 0 Å². The second kappa shape index (κ2) is 2.56. The number of rotatable bonds is 1. The first-order valence-electron chi connectivity index (χ1n) is 2.01. The van der Waals surface area contributed by atoms with Crippen LogP contribution in [0, 0.1) is 17.2 Å². The van der Waals surface area contributed by atoms with E-state index in [-0.39, 0.29) is 0 Å². The summed E-state index contributed by atoms with van der Waals surface area (Å²) in [5.41, 5.74) is 4.88. The van der Waals surface area contributed by atoms with Gasteiger partial charge in [0, 0.05) is 0 Å². The molecular formula is C4H8N2O. The van der Waals surface area contributed by atoms with Gasteiger partial charge in [-0.15, -0.1) is 0 Å². The average molecular weight is 100 g/mol. The molecule has 0 saturated heterocycles. The van der Waals surface area contributed by atoms with E-state index in [0.717, 1.165) is 0 Å². The van der Waals surface area contributed by atoms with E-state index < -0.39 is 12.1 Å². The summed E-state index contributed by atoms with van der Waals surface area (Å²) in [6, 6.07) is 1.79. The van der Waals surface area contributed by atoms with Gasteiger partial charge in [-0.3, -0.25) is 0 Å². The molecule has 3 N–H and O–H groups in total. The third-order valence-electron chi connectivity index (χ3n) is 0.716. The van der Waals surface area contributed by atoms with Gasteiger partial charge in [-0.2, -0.15) is 5.26 Å². The summed E-state index contributed by atoms with van der Waals surface area (Å²) in [7, 11) is 0. The summed E-state index contributed by atoms with van der Waals surface area (Å²) in [6.45, 7) is 1.56. The van der Waals surface area contributed by atoms with E-state index in [1.165, 1.54) is 0 Å². The van der Waals surface area contributed by atoms with Crippen molar-refractivity contribution in [2.45, 2.75) is 13.2 Å². The molecule has 0 saturated carbocycles. The highest BCUT2D eigenvalue weighted by Gasteiger charge is 2.04. The maximum Gasteiger partial charge on any atom is 0.118 e. The Morgan fingerprint density at radius 2 is 2.29 bits per heavy atom. The molecule has 0 spiro atoms. The van der Waals surface area contributed by atoms with Gasteiger partial charge in [0.1, 0.15) is 6.23 Å². The fraction of sp³-hybridized carbons (Fsp3) is 0.750. The zero-order valence-corrected chi connectivity index (χ0v) is 4.13. The molecule has 0 aromatic carbocycles. The molecule has 0 fully saturated rings. The maximum absolute atomic E-state index is 8.38. The van der Waals surface area contributed by atoms with Gasteiger partial charge in [0.05, 0.1) is 12.0 Å². The lowest BCUT2D eigenvalue weighted by atomic mass is 10.2. The predicted molar refractivity (Wildman–Crippen MR) is 25.0 cm³/mol. The first-order valence-corrected chi connectivity index (χ1v) is 2.01. The van der Waals surface area contributed by atoms with E-state index >= 15 is 0 Å². The second-order valence-electron chi connectivity index (χ2n) is 1.41. The van der Waals surface area contributed by atoms with Crippen molar-refractivity contribution in [3.8, 4) is 6.07 Å². The minimum atomic E-state index is -0.995. The summed E-state index contributed by atoms with van der Waals surface area (Å²) >= 11 is 0. The van der Waals surface area contributed by atoms with Crippen molar-refractivity contribution in [1.82, 2.24) is 0 Å². The van der Waals surface area contributed by atoms with Crippen LogP contribution >= 0.6 is 0 Å². The lowest BCUT2D eigenvalue weighted by Crippen LogP contribution is -2.25. The van der Waals surface area contributed by atoms with Crippen molar-refractivity contribution in [1.29, 1.82) is 5.26 Å². The van der Waals surface area contributed by atoms with Crippen LogP contribution in [0.1, 0.15) is 6.92 Å². The van der Waals surface area contributed by atoms with Gasteiger partial charge in [0.25, 0.3) is 0 Å². The van der Waals surface area contributed by atoms with Gasteiger partial charge in [0.15, 0.2) is 0 Å². The highest BCUT2D eigenvalue weighted by atomic mass is 16.3. The van der Waals surface area contributed by atoms with Crippen molar-refractivity contribution >= 4 is 0 Å². The molecule has 0 heterocycles. The Kier molecular flexibility index (Phi) is 2.34. The van der Waals surface area contributed by atoms with Crippen LogP contribution < -0.4 is 5.73 Å². The van der Waals surface area contributed by atoms with Crippen LogP contribution in [0.5, 0.6) is 0 Å². The minimum absolute atomic E-state index is 0.458. The van der Waals surface area contributed by atoms with Crippen LogP contribution in [0.25, 0.3) is 0 Å². The average Bonchev–Trinajstić information content (AvgIpc) is 1.65. The normalized spacial score (nSPS) is 17.4. The molecular weight excluding hydrogens is 92.1 g/mol. The van der Waals surface area contributed by atoms with Gasteiger partial charge in [-0.05, 0) is 6.92 Å². The van der Waals surface area contributed by atoms with E-state index in [4.69, 9.17) is 16.1 Å². The monoisotopic (exact) mass is 100 g/mol. The fourth-order valence-electron chi connectivity index (χ4n) is 0.0764. The zero-order valence-electron chi connectivity index (χ0n) is 4.13. The number of nitrogens with zero attached hydrogens (tertiary/aromatic N) is 1. The Bertz CT molecular complexity index is 84.2. The van der Waals surface area contributed by atoms with Gasteiger partial charge in [0.2, 0.25) is 0 Å². The standard InChI is InChI=1S/C4H8N2O/c1-3(2-5)4(6)7/h3-4,7H,6H2,1H3. The first kappa shape index (κ1) is 6.41. The summed E-state index contributed by atoms with van der Waals surface area (Å²) < 4.78 is 0. The quantitative estimate of drug-likeness (QED) is 0.433. The third kappa shape index (κ3) is 2.15. The highest BCUT2D eigenvalue weighted by Crippen LogP contribution is 1.91. The molecule has 3 nitrogen and oxygen atoms in total. The van der Waals surface area contributed by atoms with Crippen LogP contribution in [0.3, 0.4) is 0 Å². The molecule has 3 heteroatoms. The summed E-state index contributed by atoms with van der Waals surface area (Å²) in [4.78, 5) is 0. The van der Waals surface area contributed by atoms with E-state index in [9.17, 15) is 0 Å². The molecule has 0 aliphatic carbocycles. The smallest absolute Gasteiger partial charge is 0.118 e. The molecule has 0 bridgehead atoms. The number of hydrogen-bond donors (Lipinski definition) is 2. The number of aliphatic hydroxyl groups excluding tert-OH is 1. The Morgan fingerprint density at radius 1 is 1.86 bits per heavy atom. The molecule has 0 aromatic heterocycles. The zero-order chi connectivity index (χ0) is 5.86. The van der Waals surface area contributed by atoms with E-state index in [1.807, 2.05) is 0 Å². The third-order valence-corrected chi connectivity index (χ3v) is 0.716. The van der Waals surface area contributed by atoms with Gasteiger partial charge in [-0.25, -0.2) is 0 Å². The fourth-order valence-corrected chi connectivity index (χ4v) is 0.0764. The number of nitriles is 1. The maximum atomic E-state index is 8.38. The number of aliphatic hydroxyl groups is 1. The van der Waals surface area contributed by atoms with Gasteiger partial charge < -0.3 is 10.8 Å². The van der Waals surface area contributed by atoms with Gasteiger partial charge in [-0.1, -0.05) is 0 Å². The molecule has 0 aliphatic heterocycles. The number of hydrogen-bond acceptors (Lipinski definition) is 3. The van der Waals surface area contributed by atoms with E-state index in [1.54, 1.807) is 13.0 Å². The largest absolute Gasteiger partial charge is 0.377 e. The lowest BCUT2D eigenvalue weighted by Gasteiger charge is -2.01. The Labute approximate surface area is 42.4 Å². The lowest BCUT2D eigenvalue weighted by molar-refractivity contribution is 0.148. The Hall–Kier alpha value is -0.590. The molecule has 0 amide bonds. The van der Waals surface area contributed by atoms with Crippen molar-refractivity contribution in [2.75, 3.05) is 0 Å². The van der Waals surface area contributed by atoms with Crippen molar-refractivity contribution in [3.05, 3.63) is 0 Å². The molecule has 2 atom stereocenters. The number of nitrogens with two attached hydrogens (primary N) is 1. The molecule has 0 rings (SSSR count). The van der Waals surface area contributed by atoms with E-state index in [0.29, 0.717) is 0 Å². The van der Waals surface area contributed by atoms with Crippen molar-refractivity contribution < 1.29 is 5.11 Å². The molecule has 7 heavy (non-hydrogen) atoms. The summed E-state index contributed by atoms with van der Waals surface area (Å²) in [5.74, 6) is -0.458. The Morgan fingerprint density at radius 3 is 2.29 bits per heavy atom. The first-order chi connectivity index (χ1) is 3.18. The molecule has 0 aromatic rings. The van der Waals surface area contributed by atoms with Crippen LogP contribution in [0.2, 0.25) is 0 Å². The van der Waals surface area contributed by atoms with Crippen molar-refractivity contribution in [3.63, 3.8) is 0 Å². The van der Waals surface area contributed by atoms with Crippen molar-refractivity contribution in [2.24, 2.45) is 11.7 Å². The molecule has 0 radical (unpaired) electrons. The molecule has 40 valence electrons. The second-order valence-corrected chi connectivity index (χ2v) is 1.41. The van der Waals surface area contributed by atoms with Crippen LogP contribution in [-0.4, -0.2) is 11.3 Å². The van der Waals surface area contributed by atoms with Gasteiger partial charge >= 0.3 is 0 Å². The predicted octanol–water partition coefficient (Wildman–Crippen LogP) is -0.577. The summed E-state index contributed by atoms with van der Waals surface area (Å²) in [6.07, 6.45) is -0.995. The SMILES string of the molecule is CC(C#N)C(N)O. The molecule has 0 aliphatic rings. The Balaban J connectivity index is 3.40. The van der Waals surface area contributed by atoms with Crippen LogP contribution in [0.15, 0.2) is 0 Å². The highest BCUT2D eigenvalue weighted by molar-refractivity contribution is 4.81. The molecule has 2 unspecified atom stereocenters. The summed E-state index contributed by atoms with van der Waals surface area (Å²) in [5, 5.41) is 16.4.